The van der Waals surface area contributed by atoms with Crippen LogP contribution in [0.5, 0.6) is 0 Å². The van der Waals surface area contributed by atoms with Crippen LogP contribution in [-0.2, 0) is 11.3 Å². The van der Waals surface area contributed by atoms with Crippen LogP contribution in [0.1, 0.15) is 18.9 Å². The fourth-order valence-corrected chi connectivity index (χ4v) is 2.22. The van der Waals surface area contributed by atoms with Gasteiger partial charge in [0.15, 0.2) is 0 Å². The highest BCUT2D eigenvalue weighted by molar-refractivity contribution is 6.30. The minimum Gasteiger partial charge on any atom is -0.398 e. The Balaban J connectivity index is 2.12. The molecule has 0 aliphatic carbocycles. The fraction of sp³-hybridized carbons (Fsp3) is 0.417. The lowest BCUT2D eigenvalue weighted by atomic mass is 10.1. The maximum Gasteiger partial charge on any atom is 0.223 e. The van der Waals surface area contributed by atoms with Gasteiger partial charge in [-0.2, -0.15) is 0 Å². The maximum atomic E-state index is 11.6. The Bertz CT molecular complexity index is 419. The summed E-state index contributed by atoms with van der Waals surface area (Å²) in [5.41, 5.74) is 7.47. The predicted octanol–water partition coefficient (Wildman–Crippen LogP) is 2.29. The van der Waals surface area contributed by atoms with Gasteiger partial charge < -0.3 is 10.6 Å². The molecule has 0 radical (unpaired) electrons. The van der Waals surface area contributed by atoms with Crippen LogP contribution in [0.4, 0.5) is 5.69 Å². The molecule has 1 unspecified atom stereocenters. The second-order valence-electron chi connectivity index (χ2n) is 4.43. The van der Waals surface area contributed by atoms with Crippen molar-refractivity contribution < 1.29 is 4.79 Å². The molecule has 1 fully saturated rings. The van der Waals surface area contributed by atoms with E-state index in [1.807, 2.05) is 11.0 Å². The summed E-state index contributed by atoms with van der Waals surface area (Å²) in [4.78, 5) is 13.5. The van der Waals surface area contributed by atoms with Crippen LogP contribution in [0.25, 0.3) is 0 Å². The zero-order chi connectivity index (χ0) is 11.7. The lowest BCUT2D eigenvalue weighted by Crippen LogP contribution is -2.24. The highest BCUT2D eigenvalue weighted by atomic mass is 35.5. The summed E-state index contributed by atoms with van der Waals surface area (Å²) < 4.78 is 0. The molecule has 1 amide bonds. The average molecular weight is 239 g/mol. The topological polar surface area (TPSA) is 46.3 Å². The van der Waals surface area contributed by atoms with E-state index < -0.39 is 0 Å². The average Bonchev–Trinajstić information content (AvgIpc) is 2.50. The Kier molecular flexibility index (Phi) is 3.06. The molecule has 4 heteroatoms. The smallest absolute Gasteiger partial charge is 0.223 e. The van der Waals surface area contributed by atoms with Gasteiger partial charge in [-0.25, -0.2) is 0 Å². The molecule has 0 spiro atoms. The molecular formula is C12H15ClN2O. The van der Waals surface area contributed by atoms with Crippen LogP contribution in [0.3, 0.4) is 0 Å². The Morgan fingerprint density at radius 2 is 2.31 bits per heavy atom. The van der Waals surface area contributed by atoms with Crippen molar-refractivity contribution in [3.63, 3.8) is 0 Å². The van der Waals surface area contributed by atoms with E-state index >= 15 is 0 Å². The molecule has 3 nitrogen and oxygen atoms in total. The predicted molar refractivity (Wildman–Crippen MR) is 65.1 cm³/mol. The number of amides is 1. The van der Waals surface area contributed by atoms with E-state index in [1.165, 1.54) is 0 Å². The molecule has 2 N–H and O–H groups in total. The van der Waals surface area contributed by atoms with Gasteiger partial charge in [0.25, 0.3) is 0 Å². The van der Waals surface area contributed by atoms with Gasteiger partial charge in [0.1, 0.15) is 0 Å². The first kappa shape index (κ1) is 11.3. The molecule has 86 valence electrons. The van der Waals surface area contributed by atoms with E-state index in [4.69, 9.17) is 17.3 Å². The van der Waals surface area contributed by atoms with Crippen molar-refractivity contribution in [3.8, 4) is 0 Å². The Morgan fingerprint density at radius 3 is 2.88 bits per heavy atom. The normalized spacial score (nSPS) is 20.5. The van der Waals surface area contributed by atoms with Crippen molar-refractivity contribution in [2.75, 3.05) is 12.3 Å². The molecule has 16 heavy (non-hydrogen) atoms. The van der Waals surface area contributed by atoms with Crippen LogP contribution < -0.4 is 5.73 Å². The highest BCUT2D eigenvalue weighted by Gasteiger charge is 2.26. The number of carbonyl (C=O) groups is 1. The number of likely N-dealkylation sites (tertiary alicyclic amines) is 1. The SMILES string of the molecule is CC1CC(=O)N(Cc2ccc(Cl)cc2N)C1. The molecule has 1 saturated heterocycles. The number of rotatable bonds is 2. The van der Waals surface area contributed by atoms with Gasteiger partial charge in [0.2, 0.25) is 5.91 Å². The van der Waals surface area contributed by atoms with Gasteiger partial charge >= 0.3 is 0 Å². The zero-order valence-electron chi connectivity index (χ0n) is 9.24. The first-order chi connectivity index (χ1) is 7.56. The third-order valence-electron chi connectivity index (χ3n) is 2.88. The Labute approximate surface area is 100 Å². The molecule has 2 rings (SSSR count). The van der Waals surface area contributed by atoms with Crippen molar-refractivity contribution in [1.29, 1.82) is 0 Å². The number of benzene rings is 1. The van der Waals surface area contributed by atoms with Crippen LogP contribution in [-0.4, -0.2) is 17.4 Å². The molecular weight excluding hydrogens is 224 g/mol. The molecule has 0 aromatic heterocycles. The van der Waals surface area contributed by atoms with Crippen molar-refractivity contribution in [3.05, 3.63) is 28.8 Å². The molecule has 1 aromatic rings. The van der Waals surface area contributed by atoms with Gasteiger partial charge in [-0.05, 0) is 23.6 Å². The standard InChI is InChI=1S/C12H15ClN2O/c1-8-4-12(16)15(6-8)7-9-2-3-10(13)5-11(9)14/h2-3,5,8H,4,6-7,14H2,1H3. The van der Waals surface area contributed by atoms with Gasteiger partial charge in [-0.15, -0.1) is 0 Å². The fourth-order valence-electron chi connectivity index (χ4n) is 2.04. The summed E-state index contributed by atoms with van der Waals surface area (Å²) >= 11 is 5.82. The molecule has 1 aromatic carbocycles. The number of hydrogen-bond acceptors (Lipinski definition) is 2. The highest BCUT2D eigenvalue weighted by Crippen LogP contribution is 2.23. The molecule has 1 aliphatic heterocycles. The number of anilines is 1. The first-order valence-corrected chi connectivity index (χ1v) is 5.75. The summed E-state index contributed by atoms with van der Waals surface area (Å²) in [6.07, 6.45) is 0.646. The van der Waals surface area contributed by atoms with E-state index in [0.29, 0.717) is 29.6 Å². The zero-order valence-corrected chi connectivity index (χ0v) is 10.00. The van der Waals surface area contributed by atoms with Crippen LogP contribution in [0.15, 0.2) is 18.2 Å². The minimum absolute atomic E-state index is 0.210. The van der Waals surface area contributed by atoms with E-state index in [0.717, 1.165) is 12.1 Å². The van der Waals surface area contributed by atoms with Gasteiger partial charge in [0, 0.05) is 30.2 Å². The third-order valence-corrected chi connectivity index (χ3v) is 3.11. The second-order valence-corrected chi connectivity index (χ2v) is 4.86. The summed E-state index contributed by atoms with van der Waals surface area (Å²) in [7, 11) is 0. The van der Waals surface area contributed by atoms with E-state index in [1.54, 1.807) is 12.1 Å². The number of hydrogen-bond donors (Lipinski definition) is 1. The molecule has 1 aliphatic rings. The number of nitrogens with zero attached hydrogens (tertiary/aromatic N) is 1. The monoisotopic (exact) mass is 238 g/mol. The van der Waals surface area contributed by atoms with Crippen LogP contribution in [0.2, 0.25) is 5.02 Å². The first-order valence-electron chi connectivity index (χ1n) is 5.38. The number of nitrogens with two attached hydrogens (primary N) is 1. The Hall–Kier alpha value is -1.22. The summed E-state index contributed by atoms with van der Waals surface area (Å²) in [6, 6.07) is 5.41. The quantitative estimate of drug-likeness (QED) is 0.804. The van der Waals surface area contributed by atoms with Crippen LogP contribution in [0, 0.1) is 5.92 Å². The van der Waals surface area contributed by atoms with E-state index in [9.17, 15) is 4.79 Å². The summed E-state index contributed by atoms with van der Waals surface area (Å²) in [6.45, 7) is 3.50. The molecule has 1 heterocycles. The number of carbonyl (C=O) groups excluding carboxylic acids is 1. The third kappa shape index (κ3) is 2.30. The molecule has 0 bridgehead atoms. The van der Waals surface area contributed by atoms with E-state index in [-0.39, 0.29) is 5.91 Å². The van der Waals surface area contributed by atoms with Crippen molar-refractivity contribution in [2.24, 2.45) is 5.92 Å². The minimum atomic E-state index is 0.210. The molecule has 0 saturated carbocycles. The second kappa shape index (κ2) is 4.34. The van der Waals surface area contributed by atoms with Gasteiger partial charge in [-0.3, -0.25) is 4.79 Å². The van der Waals surface area contributed by atoms with Gasteiger partial charge in [-0.1, -0.05) is 24.6 Å². The number of nitrogen functional groups attached to an aromatic ring is 1. The maximum absolute atomic E-state index is 11.6. The van der Waals surface area contributed by atoms with Crippen molar-refractivity contribution in [1.82, 2.24) is 4.90 Å². The van der Waals surface area contributed by atoms with Gasteiger partial charge in [0.05, 0.1) is 0 Å². The van der Waals surface area contributed by atoms with Crippen molar-refractivity contribution in [2.45, 2.75) is 19.9 Å². The Morgan fingerprint density at radius 1 is 1.56 bits per heavy atom. The summed E-state index contributed by atoms with van der Waals surface area (Å²) in [5.74, 6) is 0.655. The largest absolute Gasteiger partial charge is 0.398 e. The van der Waals surface area contributed by atoms with E-state index in [2.05, 4.69) is 6.92 Å². The summed E-state index contributed by atoms with van der Waals surface area (Å²) in [5, 5.41) is 0.627. The lowest BCUT2D eigenvalue weighted by molar-refractivity contribution is -0.128. The lowest BCUT2D eigenvalue weighted by Gasteiger charge is -2.17. The van der Waals surface area contributed by atoms with Crippen molar-refractivity contribution >= 4 is 23.2 Å². The molecule has 1 atom stereocenters. The number of halogens is 1. The van der Waals surface area contributed by atoms with Crippen LogP contribution >= 0.6 is 11.6 Å².